The van der Waals surface area contributed by atoms with Gasteiger partial charge in [-0.25, -0.2) is 4.99 Å². The molecule has 0 radical (unpaired) electrons. The molecule has 19 heavy (non-hydrogen) atoms. The number of nitrogens with two attached hydrogens (primary N) is 1. The van der Waals surface area contributed by atoms with Crippen LogP contribution in [0.2, 0.25) is 0 Å². The molecule has 0 unspecified atom stereocenters. The quantitative estimate of drug-likeness (QED) is 0.535. The van der Waals surface area contributed by atoms with E-state index in [0.29, 0.717) is 5.69 Å². The monoisotopic (exact) mass is 254 g/mol. The van der Waals surface area contributed by atoms with Gasteiger partial charge in [0.25, 0.3) is 0 Å². The van der Waals surface area contributed by atoms with E-state index in [1.807, 2.05) is 42.5 Å². The highest BCUT2D eigenvalue weighted by Gasteiger charge is 2.09. The summed E-state index contributed by atoms with van der Waals surface area (Å²) < 4.78 is 4.43. The fourth-order valence-corrected chi connectivity index (χ4v) is 1.80. The molecule has 94 valence electrons. The van der Waals surface area contributed by atoms with E-state index in [0.717, 1.165) is 10.8 Å². The van der Waals surface area contributed by atoms with E-state index >= 15 is 0 Å². The number of hydrogen-bond acceptors (Lipinski definition) is 4. The van der Waals surface area contributed by atoms with Gasteiger partial charge in [0.05, 0.1) is 5.69 Å². The van der Waals surface area contributed by atoms with Crippen LogP contribution in [0.1, 0.15) is 5.69 Å². The highest BCUT2D eigenvalue weighted by Crippen LogP contribution is 2.21. The molecule has 0 aliphatic rings. The van der Waals surface area contributed by atoms with Crippen molar-refractivity contribution in [3.8, 4) is 0 Å². The second-order valence-corrected chi connectivity index (χ2v) is 3.99. The lowest BCUT2D eigenvalue weighted by Gasteiger charge is -1.99. The van der Waals surface area contributed by atoms with Crippen molar-refractivity contribution in [2.24, 2.45) is 10.7 Å². The zero-order valence-electron chi connectivity index (χ0n) is 9.83. The topological polar surface area (TPSA) is 97.3 Å². The van der Waals surface area contributed by atoms with E-state index in [-0.39, 0.29) is 11.5 Å². The first-order valence-corrected chi connectivity index (χ1v) is 5.62. The van der Waals surface area contributed by atoms with Gasteiger partial charge in [0.2, 0.25) is 5.69 Å². The summed E-state index contributed by atoms with van der Waals surface area (Å²) in [5, 5.41) is 7.70. The number of aliphatic imine (C=N–C) groups is 1. The van der Waals surface area contributed by atoms with Crippen LogP contribution in [-0.2, 0) is 0 Å². The zero-order valence-corrected chi connectivity index (χ0v) is 9.83. The largest absolute Gasteiger partial charge is 0.382 e. The van der Waals surface area contributed by atoms with Crippen molar-refractivity contribution in [1.82, 2.24) is 10.3 Å². The molecule has 0 saturated carbocycles. The summed E-state index contributed by atoms with van der Waals surface area (Å²) in [5.74, 6) is 0.0188. The summed E-state index contributed by atoms with van der Waals surface area (Å²) in [6.07, 6.45) is 0. The lowest BCUT2D eigenvalue weighted by atomic mass is 10.1. The predicted octanol–water partition coefficient (Wildman–Crippen LogP) is 1.55. The van der Waals surface area contributed by atoms with E-state index in [2.05, 4.69) is 19.9 Å². The smallest absolute Gasteiger partial charge is 0.311 e. The van der Waals surface area contributed by atoms with E-state index in [4.69, 9.17) is 5.73 Å². The summed E-state index contributed by atoms with van der Waals surface area (Å²) >= 11 is 0. The Morgan fingerprint density at radius 3 is 2.74 bits per heavy atom. The maximum absolute atomic E-state index is 11.3. The number of H-pyrrole nitrogens is 1. The first kappa shape index (κ1) is 11.2. The molecule has 0 fully saturated rings. The van der Waals surface area contributed by atoms with Gasteiger partial charge in [-0.3, -0.25) is 9.42 Å². The number of amidine groups is 1. The van der Waals surface area contributed by atoms with Gasteiger partial charge in [0, 0.05) is 0 Å². The first-order valence-electron chi connectivity index (χ1n) is 5.62. The average molecular weight is 254 g/mol. The molecule has 1 heterocycles. The van der Waals surface area contributed by atoms with Crippen LogP contribution < -0.4 is 11.3 Å². The number of rotatable bonds is 2. The van der Waals surface area contributed by atoms with Crippen molar-refractivity contribution in [3.63, 3.8) is 0 Å². The molecule has 3 N–H and O–H groups in total. The number of nitrogens with zero attached hydrogens (tertiary/aromatic N) is 2. The average Bonchev–Trinajstić information content (AvgIpc) is 2.85. The summed E-state index contributed by atoms with van der Waals surface area (Å²) in [6, 6.07) is 13.5. The van der Waals surface area contributed by atoms with Crippen molar-refractivity contribution in [2.45, 2.75) is 0 Å². The highest BCUT2D eigenvalue weighted by atomic mass is 16.6. The van der Waals surface area contributed by atoms with Gasteiger partial charge in [-0.05, 0) is 28.1 Å². The molecular formula is C13H10N4O2. The Bertz CT molecular complexity index is 816. The SMILES string of the molecule is NC(=Nc1ccc2ccccc2c1)c1no[nH]c1=O. The number of benzene rings is 2. The maximum atomic E-state index is 11.3. The Hall–Kier alpha value is -2.89. The van der Waals surface area contributed by atoms with Crippen LogP contribution in [-0.4, -0.2) is 16.1 Å². The maximum Gasteiger partial charge on any atom is 0.311 e. The number of fused-ring (bicyclic) bond motifs is 1. The second-order valence-electron chi connectivity index (χ2n) is 3.99. The number of hydrogen-bond donors (Lipinski definition) is 2. The molecule has 6 nitrogen and oxygen atoms in total. The van der Waals surface area contributed by atoms with Crippen LogP contribution in [0.4, 0.5) is 5.69 Å². The zero-order chi connectivity index (χ0) is 13.2. The lowest BCUT2D eigenvalue weighted by Crippen LogP contribution is -2.21. The first-order chi connectivity index (χ1) is 9.24. The van der Waals surface area contributed by atoms with Gasteiger partial charge in [-0.15, -0.1) is 0 Å². The third-order valence-electron chi connectivity index (χ3n) is 2.72. The number of nitrogens with one attached hydrogen (secondary N) is 1. The normalized spacial score (nSPS) is 11.9. The van der Waals surface area contributed by atoms with E-state index in [9.17, 15) is 4.79 Å². The van der Waals surface area contributed by atoms with Crippen molar-refractivity contribution < 1.29 is 4.63 Å². The Labute approximate surface area is 107 Å². The Balaban J connectivity index is 2.05. The molecule has 3 rings (SSSR count). The fraction of sp³-hybridized carbons (Fsp3) is 0. The summed E-state index contributed by atoms with van der Waals surface area (Å²) in [7, 11) is 0. The van der Waals surface area contributed by atoms with Crippen molar-refractivity contribution in [2.75, 3.05) is 0 Å². The van der Waals surface area contributed by atoms with Gasteiger partial charge in [-0.1, -0.05) is 30.3 Å². The molecule has 0 aliphatic carbocycles. The van der Waals surface area contributed by atoms with Crippen LogP contribution >= 0.6 is 0 Å². The molecule has 0 bridgehead atoms. The van der Waals surface area contributed by atoms with Crippen molar-refractivity contribution in [1.29, 1.82) is 0 Å². The summed E-state index contributed by atoms with van der Waals surface area (Å²) in [5.41, 5.74) is 5.86. The third kappa shape index (κ3) is 2.11. The molecule has 0 saturated heterocycles. The van der Waals surface area contributed by atoms with Crippen molar-refractivity contribution in [3.05, 3.63) is 58.5 Å². The molecule has 2 aromatic carbocycles. The van der Waals surface area contributed by atoms with Gasteiger partial charge in [0.15, 0.2) is 5.84 Å². The van der Waals surface area contributed by atoms with Gasteiger partial charge < -0.3 is 5.73 Å². The van der Waals surface area contributed by atoms with Gasteiger partial charge in [0.1, 0.15) is 0 Å². The number of aromatic nitrogens is 2. The molecular weight excluding hydrogens is 244 g/mol. The van der Waals surface area contributed by atoms with Crippen LogP contribution in [0.3, 0.4) is 0 Å². The Morgan fingerprint density at radius 2 is 2.00 bits per heavy atom. The molecule has 3 aromatic rings. The fourth-order valence-electron chi connectivity index (χ4n) is 1.80. The second kappa shape index (κ2) is 4.41. The molecule has 6 heteroatoms. The molecule has 0 atom stereocenters. The van der Waals surface area contributed by atoms with Gasteiger partial charge >= 0.3 is 5.56 Å². The highest BCUT2D eigenvalue weighted by molar-refractivity contribution is 5.97. The lowest BCUT2D eigenvalue weighted by molar-refractivity contribution is 0.303. The van der Waals surface area contributed by atoms with E-state index < -0.39 is 5.56 Å². The van der Waals surface area contributed by atoms with E-state index in [1.54, 1.807) is 0 Å². The Kier molecular flexibility index (Phi) is 2.60. The van der Waals surface area contributed by atoms with Crippen molar-refractivity contribution >= 4 is 22.3 Å². The van der Waals surface area contributed by atoms with Crippen LogP contribution in [0.5, 0.6) is 0 Å². The minimum Gasteiger partial charge on any atom is -0.382 e. The van der Waals surface area contributed by atoms with Crippen LogP contribution in [0, 0.1) is 0 Å². The molecule has 1 aromatic heterocycles. The molecule has 0 amide bonds. The Morgan fingerprint density at radius 1 is 1.21 bits per heavy atom. The van der Waals surface area contributed by atoms with Crippen LogP contribution in [0.25, 0.3) is 10.8 Å². The van der Waals surface area contributed by atoms with Crippen LogP contribution in [0.15, 0.2) is 56.9 Å². The molecule has 0 spiro atoms. The van der Waals surface area contributed by atoms with E-state index in [1.165, 1.54) is 0 Å². The summed E-state index contributed by atoms with van der Waals surface area (Å²) in [6.45, 7) is 0. The van der Waals surface area contributed by atoms with Gasteiger partial charge in [-0.2, -0.15) is 5.16 Å². The third-order valence-corrected chi connectivity index (χ3v) is 2.72. The predicted molar refractivity (Wildman–Crippen MR) is 71.5 cm³/mol. The minimum absolute atomic E-state index is 0.0188. The number of aromatic amines is 1. The summed E-state index contributed by atoms with van der Waals surface area (Å²) in [4.78, 5) is 15.5. The molecule has 0 aliphatic heterocycles. The minimum atomic E-state index is -0.498. The standard InChI is InChI=1S/C13H10N4O2/c14-12(11-13(18)17-19-16-11)15-10-6-5-8-3-1-2-4-9(8)7-10/h1-7H,(H2,14,15)(H,17,18).